The van der Waals surface area contributed by atoms with Crippen molar-refractivity contribution in [2.45, 2.75) is 13.0 Å². The van der Waals surface area contributed by atoms with Gasteiger partial charge in [0.15, 0.2) is 5.96 Å². The van der Waals surface area contributed by atoms with Crippen LogP contribution in [0.15, 0.2) is 46.1 Å². The van der Waals surface area contributed by atoms with Gasteiger partial charge in [0.25, 0.3) is 5.91 Å². The Balaban J connectivity index is 1.82. The van der Waals surface area contributed by atoms with Crippen molar-refractivity contribution in [3.05, 3.63) is 57.8 Å². The van der Waals surface area contributed by atoms with Crippen LogP contribution in [0.1, 0.15) is 21.5 Å². The second-order valence-electron chi connectivity index (χ2n) is 5.63. The maximum atomic E-state index is 12.0. The smallest absolute Gasteiger partial charge is 0.253 e. The topological polar surface area (TPSA) is 56.7 Å². The zero-order valence-electron chi connectivity index (χ0n) is 14.4. The third kappa shape index (κ3) is 5.38. The number of rotatable bonds is 6. The molecule has 0 aliphatic carbocycles. The molecule has 0 bridgehead atoms. The summed E-state index contributed by atoms with van der Waals surface area (Å²) in [5, 5.41) is 10.8. The lowest BCUT2D eigenvalue weighted by Gasteiger charge is -2.13. The largest absolute Gasteiger partial charge is 0.356 e. The molecule has 0 atom stereocenters. The lowest BCUT2D eigenvalue weighted by atomic mass is 10.1. The zero-order valence-corrected chi connectivity index (χ0v) is 15.2. The fourth-order valence-electron chi connectivity index (χ4n) is 2.24. The maximum Gasteiger partial charge on any atom is 0.253 e. The minimum Gasteiger partial charge on any atom is -0.356 e. The number of hydrogen-bond donors (Lipinski definition) is 2. The summed E-state index contributed by atoms with van der Waals surface area (Å²) in [6.45, 7) is 1.51. The van der Waals surface area contributed by atoms with Crippen LogP contribution >= 0.6 is 11.3 Å². The van der Waals surface area contributed by atoms with E-state index in [1.165, 1.54) is 5.56 Å². The molecule has 2 aromatic rings. The quantitative estimate of drug-likeness (QED) is 0.625. The monoisotopic (exact) mass is 344 g/mol. The van der Waals surface area contributed by atoms with E-state index < -0.39 is 0 Å². The summed E-state index contributed by atoms with van der Waals surface area (Å²) in [5.41, 5.74) is 3.10. The molecule has 24 heavy (non-hydrogen) atoms. The molecule has 0 radical (unpaired) electrons. The van der Waals surface area contributed by atoms with Crippen molar-refractivity contribution in [3.8, 4) is 0 Å². The number of guanidine groups is 1. The van der Waals surface area contributed by atoms with Gasteiger partial charge in [-0.3, -0.25) is 9.79 Å². The molecule has 2 rings (SSSR count). The van der Waals surface area contributed by atoms with Gasteiger partial charge in [-0.25, -0.2) is 0 Å². The number of benzene rings is 1. The van der Waals surface area contributed by atoms with Crippen LogP contribution in [0.3, 0.4) is 0 Å². The van der Waals surface area contributed by atoms with Crippen LogP contribution in [-0.4, -0.2) is 44.5 Å². The fraction of sp³-hybridized carbons (Fsp3) is 0.333. The van der Waals surface area contributed by atoms with Crippen molar-refractivity contribution in [1.82, 2.24) is 15.5 Å². The first kappa shape index (κ1) is 18.0. The molecule has 6 heteroatoms. The van der Waals surface area contributed by atoms with Crippen molar-refractivity contribution < 1.29 is 4.79 Å². The number of nitrogens with one attached hydrogen (secondary N) is 2. The Morgan fingerprint density at radius 2 is 2.04 bits per heavy atom. The summed E-state index contributed by atoms with van der Waals surface area (Å²) in [6.07, 6.45) is 0.827. The van der Waals surface area contributed by atoms with Gasteiger partial charge in [0.1, 0.15) is 0 Å². The van der Waals surface area contributed by atoms with Crippen molar-refractivity contribution >= 4 is 23.2 Å². The maximum absolute atomic E-state index is 12.0. The summed E-state index contributed by atoms with van der Waals surface area (Å²) in [4.78, 5) is 17.8. The molecule has 1 heterocycles. The fourth-order valence-corrected chi connectivity index (χ4v) is 2.91. The van der Waals surface area contributed by atoms with Crippen LogP contribution in [0.4, 0.5) is 0 Å². The minimum atomic E-state index is 0.0260. The Labute approximate surface area is 147 Å². The van der Waals surface area contributed by atoms with E-state index in [2.05, 4.69) is 32.5 Å². The van der Waals surface area contributed by atoms with E-state index in [-0.39, 0.29) is 5.91 Å². The lowest BCUT2D eigenvalue weighted by molar-refractivity contribution is 0.0827. The SMILES string of the molecule is CN=C(NCCc1cccc(C(=O)N(C)C)c1)NCc1ccsc1. The molecule has 0 aliphatic heterocycles. The van der Waals surface area contributed by atoms with E-state index in [4.69, 9.17) is 0 Å². The van der Waals surface area contributed by atoms with Gasteiger partial charge in [-0.05, 0) is 46.5 Å². The summed E-state index contributed by atoms with van der Waals surface area (Å²) in [5.74, 6) is 0.805. The summed E-state index contributed by atoms with van der Waals surface area (Å²) in [7, 11) is 5.29. The van der Waals surface area contributed by atoms with Crippen molar-refractivity contribution in [2.24, 2.45) is 4.99 Å². The molecule has 5 nitrogen and oxygen atoms in total. The van der Waals surface area contributed by atoms with E-state index in [1.807, 2.05) is 24.3 Å². The summed E-state index contributed by atoms with van der Waals surface area (Å²) >= 11 is 1.69. The Morgan fingerprint density at radius 3 is 2.71 bits per heavy atom. The number of amides is 1. The molecule has 128 valence electrons. The van der Waals surface area contributed by atoms with Gasteiger partial charge >= 0.3 is 0 Å². The van der Waals surface area contributed by atoms with Crippen LogP contribution in [0.25, 0.3) is 0 Å². The van der Waals surface area contributed by atoms with Gasteiger partial charge in [0.05, 0.1) is 0 Å². The number of thiophene rings is 1. The van der Waals surface area contributed by atoms with E-state index in [0.29, 0.717) is 0 Å². The molecular formula is C18H24N4OS. The van der Waals surface area contributed by atoms with Crippen molar-refractivity contribution in [3.63, 3.8) is 0 Å². The molecular weight excluding hydrogens is 320 g/mol. The van der Waals surface area contributed by atoms with Gasteiger partial charge in [-0.1, -0.05) is 12.1 Å². The normalized spacial score (nSPS) is 11.2. The van der Waals surface area contributed by atoms with E-state index in [1.54, 1.807) is 37.4 Å². The van der Waals surface area contributed by atoms with Gasteiger partial charge < -0.3 is 15.5 Å². The minimum absolute atomic E-state index is 0.0260. The number of carbonyl (C=O) groups is 1. The van der Waals surface area contributed by atoms with Gasteiger partial charge in [-0.2, -0.15) is 11.3 Å². The number of carbonyl (C=O) groups excluding carboxylic acids is 1. The molecule has 0 fully saturated rings. The first-order valence-corrected chi connectivity index (χ1v) is 8.80. The molecule has 1 aromatic carbocycles. The van der Waals surface area contributed by atoms with Crippen LogP contribution in [0.2, 0.25) is 0 Å². The van der Waals surface area contributed by atoms with Gasteiger partial charge in [0, 0.05) is 39.8 Å². The predicted octanol–water partition coefficient (Wildman–Crippen LogP) is 2.36. The van der Waals surface area contributed by atoms with Crippen LogP contribution in [-0.2, 0) is 13.0 Å². The second kappa shape index (κ2) is 9.08. The molecule has 1 amide bonds. The highest BCUT2D eigenvalue weighted by Gasteiger charge is 2.08. The number of hydrogen-bond acceptors (Lipinski definition) is 3. The molecule has 0 saturated carbocycles. The van der Waals surface area contributed by atoms with Crippen LogP contribution in [0, 0.1) is 0 Å². The summed E-state index contributed by atoms with van der Waals surface area (Å²) < 4.78 is 0. The summed E-state index contributed by atoms with van der Waals surface area (Å²) in [6, 6.07) is 9.86. The second-order valence-corrected chi connectivity index (χ2v) is 6.41. The van der Waals surface area contributed by atoms with Gasteiger partial charge in [-0.15, -0.1) is 0 Å². The highest BCUT2D eigenvalue weighted by Crippen LogP contribution is 2.08. The number of aliphatic imine (C=N–C) groups is 1. The van der Waals surface area contributed by atoms with E-state index >= 15 is 0 Å². The molecule has 0 saturated heterocycles. The average Bonchev–Trinajstić information content (AvgIpc) is 3.11. The van der Waals surface area contributed by atoms with Crippen molar-refractivity contribution in [1.29, 1.82) is 0 Å². The Hall–Kier alpha value is -2.34. The van der Waals surface area contributed by atoms with Crippen molar-refractivity contribution in [2.75, 3.05) is 27.7 Å². The Kier molecular flexibility index (Phi) is 6.81. The molecule has 0 aliphatic rings. The van der Waals surface area contributed by atoms with E-state index in [9.17, 15) is 4.79 Å². The zero-order chi connectivity index (χ0) is 17.4. The highest BCUT2D eigenvalue weighted by molar-refractivity contribution is 7.07. The standard InChI is InChI=1S/C18H24N4OS/c1-19-18(21-12-15-8-10-24-13-15)20-9-7-14-5-4-6-16(11-14)17(23)22(2)3/h4-6,8,10-11,13H,7,9,12H2,1-3H3,(H2,19,20,21). The average molecular weight is 344 g/mol. The lowest BCUT2D eigenvalue weighted by Crippen LogP contribution is -2.37. The molecule has 2 N–H and O–H groups in total. The predicted molar refractivity (Wildman–Crippen MR) is 101 cm³/mol. The first-order chi connectivity index (χ1) is 11.6. The Bertz CT molecular complexity index is 680. The van der Waals surface area contributed by atoms with E-state index in [0.717, 1.165) is 36.6 Å². The third-order valence-electron chi connectivity index (χ3n) is 3.55. The first-order valence-electron chi connectivity index (χ1n) is 7.86. The number of nitrogens with zero attached hydrogens (tertiary/aromatic N) is 2. The molecule has 1 aromatic heterocycles. The van der Waals surface area contributed by atoms with Crippen LogP contribution in [0.5, 0.6) is 0 Å². The highest BCUT2D eigenvalue weighted by atomic mass is 32.1. The third-order valence-corrected chi connectivity index (χ3v) is 4.28. The van der Waals surface area contributed by atoms with Crippen LogP contribution < -0.4 is 10.6 Å². The Morgan fingerprint density at radius 1 is 1.21 bits per heavy atom. The molecule has 0 unspecified atom stereocenters. The molecule has 0 spiro atoms. The van der Waals surface area contributed by atoms with Gasteiger partial charge in [0.2, 0.25) is 0 Å².